The Labute approximate surface area is 101 Å². The van der Waals surface area contributed by atoms with Crippen molar-refractivity contribution in [1.29, 1.82) is 0 Å². The van der Waals surface area contributed by atoms with Crippen LogP contribution in [0.15, 0.2) is 30.3 Å². The fraction of sp³-hybridized carbons (Fsp3) is 0.455. The Hall–Kier alpha value is -0.710. The lowest BCUT2D eigenvalue weighted by molar-refractivity contribution is 0.0159. The number of hydrogen-bond donors (Lipinski definition) is 1. The van der Waals surface area contributed by atoms with Crippen LogP contribution in [0.25, 0.3) is 0 Å². The van der Waals surface area contributed by atoms with Crippen LogP contribution in [0, 0.1) is 0 Å². The van der Waals surface area contributed by atoms with E-state index >= 15 is 0 Å². The van der Waals surface area contributed by atoms with Crippen molar-refractivity contribution >= 4 is 7.60 Å². The van der Waals surface area contributed by atoms with E-state index in [1.807, 2.05) is 6.07 Å². The van der Waals surface area contributed by atoms with Gasteiger partial charge in [-0.15, -0.1) is 0 Å². The van der Waals surface area contributed by atoms with Gasteiger partial charge in [0.2, 0.25) is 0 Å². The molecule has 0 saturated carbocycles. The lowest BCUT2D eigenvalue weighted by Crippen LogP contribution is -2.22. The summed E-state index contributed by atoms with van der Waals surface area (Å²) in [5.41, 5.74) is 0.591. The molecule has 2 atom stereocenters. The van der Waals surface area contributed by atoms with E-state index in [1.54, 1.807) is 24.3 Å². The molecule has 1 rings (SSSR count). The first-order chi connectivity index (χ1) is 8.09. The van der Waals surface area contributed by atoms with Gasteiger partial charge >= 0.3 is 7.60 Å². The summed E-state index contributed by atoms with van der Waals surface area (Å²) < 4.78 is 26.9. The molecule has 17 heavy (non-hydrogen) atoms. The normalized spacial score (nSPS) is 15.5. The molecule has 96 valence electrons. The van der Waals surface area contributed by atoms with Crippen LogP contribution < -0.4 is 0 Å². The number of hydrogen-bond acceptors (Lipinski definition) is 5. The Kier molecular flexibility index (Phi) is 5.31. The number of rotatable bonds is 6. The minimum Gasteiger partial charge on any atom is -0.385 e. The molecule has 6 heteroatoms. The Morgan fingerprint density at radius 2 is 1.65 bits per heavy atom. The highest BCUT2D eigenvalue weighted by atomic mass is 31.2. The van der Waals surface area contributed by atoms with Gasteiger partial charge in [0, 0.05) is 21.3 Å². The molecule has 0 fully saturated rings. The quantitative estimate of drug-likeness (QED) is 0.794. The summed E-state index contributed by atoms with van der Waals surface area (Å²) >= 11 is 0. The van der Waals surface area contributed by atoms with E-state index < -0.39 is 19.5 Å². The highest BCUT2D eigenvalue weighted by Gasteiger charge is 2.40. The zero-order chi connectivity index (χ0) is 12.9. The summed E-state index contributed by atoms with van der Waals surface area (Å²) in [6.07, 6.45) is -1.08. The minimum absolute atomic E-state index is 0.591. The van der Waals surface area contributed by atoms with Crippen molar-refractivity contribution in [2.75, 3.05) is 21.3 Å². The van der Waals surface area contributed by atoms with Crippen molar-refractivity contribution in [3.05, 3.63) is 35.9 Å². The van der Waals surface area contributed by atoms with Gasteiger partial charge in [0.1, 0.15) is 6.10 Å². The van der Waals surface area contributed by atoms with Crippen LogP contribution in [-0.2, 0) is 18.3 Å². The van der Waals surface area contributed by atoms with Crippen LogP contribution in [0.2, 0.25) is 0 Å². The zero-order valence-electron chi connectivity index (χ0n) is 10.1. The number of aliphatic hydroxyl groups excluding tert-OH is 1. The molecular weight excluding hydrogens is 243 g/mol. The molecule has 0 aromatic heterocycles. The van der Waals surface area contributed by atoms with Crippen LogP contribution >= 0.6 is 7.60 Å². The van der Waals surface area contributed by atoms with Gasteiger partial charge in [0.25, 0.3) is 0 Å². The van der Waals surface area contributed by atoms with Crippen LogP contribution in [0.4, 0.5) is 0 Å². The lowest BCUT2D eigenvalue weighted by atomic mass is 10.1. The fourth-order valence-electron chi connectivity index (χ4n) is 1.53. The van der Waals surface area contributed by atoms with Crippen molar-refractivity contribution < 1.29 is 23.5 Å². The maximum atomic E-state index is 12.2. The molecule has 0 aliphatic rings. The Morgan fingerprint density at radius 3 is 2.06 bits per heavy atom. The fourth-order valence-corrected chi connectivity index (χ4v) is 2.87. The van der Waals surface area contributed by atoms with Gasteiger partial charge < -0.3 is 18.9 Å². The summed E-state index contributed by atoms with van der Waals surface area (Å²) in [5.74, 6) is -1.06. The average molecular weight is 260 g/mol. The highest BCUT2D eigenvalue weighted by molar-refractivity contribution is 7.54. The number of ether oxygens (including phenoxy) is 1. The molecule has 0 spiro atoms. The first-order valence-corrected chi connectivity index (χ1v) is 6.67. The topological polar surface area (TPSA) is 65.0 Å². The highest BCUT2D eigenvalue weighted by Crippen LogP contribution is 2.55. The summed E-state index contributed by atoms with van der Waals surface area (Å²) in [4.78, 5) is 0. The van der Waals surface area contributed by atoms with Gasteiger partial charge in [0.05, 0.1) is 0 Å². The van der Waals surface area contributed by atoms with E-state index in [2.05, 4.69) is 0 Å². The molecule has 0 saturated heterocycles. The minimum atomic E-state index is -3.49. The van der Waals surface area contributed by atoms with E-state index in [0.29, 0.717) is 5.56 Å². The predicted octanol–water partition coefficient (Wildman–Crippen LogP) is 2.18. The van der Waals surface area contributed by atoms with Crippen molar-refractivity contribution in [2.45, 2.75) is 11.9 Å². The second-order valence-corrected chi connectivity index (χ2v) is 5.71. The van der Waals surface area contributed by atoms with Crippen molar-refractivity contribution in [3.63, 3.8) is 0 Å². The van der Waals surface area contributed by atoms with Gasteiger partial charge in [-0.05, 0) is 5.56 Å². The summed E-state index contributed by atoms with van der Waals surface area (Å²) in [6.45, 7) is 0. The van der Waals surface area contributed by atoms with Gasteiger partial charge in [0.15, 0.2) is 5.85 Å². The second-order valence-electron chi connectivity index (χ2n) is 3.39. The second kappa shape index (κ2) is 6.28. The number of benzene rings is 1. The number of aliphatic hydroxyl groups is 1. The Bertz CT molecular complexity index is 373. The van der Waals surface area contributed by atoms with Gasteiger partial charge in [-0.25, -0.2) is 0 Å². The molecule has 1 N–H and O–H groups in total. The average Bonchev–Trinajstić information content (AvgIpc) is 2.40. The molecule has 1 aromatic carbocycles. The third kappa shape index (κ3) is 3.15. The molecule has 0 radical (unpaired) electrons. The molecule has 5 nitrogen and oxygen atoms in total. The zero-order valence-corrected chi connectivity index (χ0v) is 11.0. The lowest BCUT2D eigenvalue weighted by Gasteiger charge is -2.27. The van der Waals surface area contributed by atoms with Gasteiger partial charge in [-0.3, -0.25) is 4.57 Å². The maximum Gasteiger partial charge on any atom is 0.361 e. The van der Waals surface area contributed by atoms with Crippen LogP contribution in [-0.4, -0.2) is 32.3 Å². The number of methoxy groups -OCH3 is 1. The van der Waals surface area contributed by atoms with Crippen molar-refractivity contribution in [2.24, 2.45) is 0 Å². The first-order valence-electron chi connectivity index (χ1n) is 5.06. The molecule has 0 amide bonds. The molecular formula is C11H17O5P. The van der Waals surface area contributed by atoms with Crippen LogP contribution in [0.3, 0.4) is 0 Å². The third-order valence-corrected chi connectivity index (χ3v) is 4.61. The monoisotopic (exact) mass is 260 g/mol. The standard InChI is InChI=1S/C11H17O5P/c1-14-11(17(13,15-2)16-3)10(12)9-7-5-4-6-8-9/h4-8,10-12H,1-3H3/t10-,11-/m1/s1. The Morgan fingerprint density at radius 1 is 1.12 bits per heavy atom. The van der Waals surface area contributed by atoms with E-state index in [-0.39, 0.29) is 0 Å². The first kappa shape index (κ1) is 14.4. The molecule has 0 heterocycles. The molecule has 0 aliphatic heterocycles. The third-order valence-electron chi connectivity index (χ3n) is 2.47. The van der Waals surface area contributed by atoms with Crippen molar-refractivity contribution in [1.82, 2.24) is 0 Å². The van der Waals surface area contributed by atoms with Crippen molar-refractivity contribution in [3.8, 4) is 0 Å². The molecule has 1 aromatic rings. The predicted molar refractivity (Wildman–Crippen MR) is 63.8 cm³/mol. The van der Waals surface area contributed by atoms with Gasteiger partial charge in [-0.2, -0.15) is 0 Å². The van der Waals surface area contributed by atoms with E-state index in [1.165, 1.54) is 21.3 Å². The van der Waals surface area contributed by atoms with Crippen LogP contribution in [0.1, 0.15) is 11.7 Å². The largest absolute Gasteiger partial charge is 0.385 e. The maximum absolute atomic E-state index is 12.2. The summed E-state index contributed by atoms with van der Waals surface area (Å²) in [7, 11) is 0.380. The van der Waals surface area contributed by atoms with E-state index in [4.69, 9.17) is 13.8 Å². The molecule has 0 aliphatic carbocycles. The van der Waals surface area contributed by atoms with Gasteiger partial charge in [-0.1, -0.05) is 30.3 Å². The molecule has 0 unspecified atom stereocenters. The van der Waals surface area contributed by atoms with E-state index in [0.717, 1.165) is 0 Å². The summed E-state index contributed by atoms with van der Waals surface area (Å²) in [6, 6.07) is 8.80. The van der Waals surface area contributed by atoms with E-state index in [9.17, 15) is 9.67 Å². The Balaban J connectivity index is 2.99. The molecule has 0 bridgehead atoms. The van der Waals surface area contributed by atoms with Crippen LogP contribution in [0.5, 0.6) is 0 Å². The smallest absolute Gasteiger partial charge is 0.361 e. The summed E-state index contributed by atoms with van der Waals surface area (Å²) in [5, 5.41) is 10.1. The SMILES string of the molecule is CO[C@@H]([C@H](O)c1ccccc1)P(=O)(OC)OC.